The Hall–Kier alpha value is -1.80. The fourth-order valence-corrected chi connectivity index (χ4v) is 2.46. The summed E-state index contributed by atoms with van der Waals surface area (Å²) < 4.78 is 0. The van der Waals surface area contributed by atoms with E-state index in [9.17, 15) is 9.59 Å². The Morgan fingerprint density at radius 2 is 1.57 bits per heavy atom. The summed E-state index contributed by atoms with van der Waals surface area (Å²) in [5.41, 5.74) is 7.74. The van der Waals surface area contributed by atoms with Gasteiger partial charge in [-0.3, -0.25) is 15.2 Å². The smallest absolute Gasteiger partial charge is 0.341 e. The molecule has 0 aromatic carbocycles. The minimum absolute atomic E-state index is 0.0115. The highest BCUT2D eigenvalue weighted by molar-refractivity contribution is 6.39. The van der Waals surface area contributed by atoms with Gasteiger partial charge in [-0.25, -0.2) is 9.78 Å². The number of carbonyl (C=O) groups is 2. The predicted molar refractivity (Wildman–Crippen MR) is 87.9 cm³/mol. The van der Waals surface area contributed by atoms with Crippen LogP contribution in [0.15, 0.2) is 24.5 Å². The van der Waals surface area contributed by atoms with Crippen molar-refractivity contribution in [2.45, 2.75) is 0 Å². The first-order valence-corrected chi connectivity index (χ1v) is 7.33. The summed E-state index contributed by atoms with van der Waals surface area (Å²) in [5, 5.41) is 0.634. The molecule has 0 spiro atoms. The van der Waals surface area contributed by atoms with Gasteiger partial charge >= 0.3 is 6.03 Å². The molecule has 2 rings (SSSR count). The lowest BCUT2D eigenvalue weighted by atomic mass is 10.2. The van der Waals surface area contributed by atoms with Crippen LogP contribution in [0.2, 0.25) is 20.4 Å². The zero-order valence-electron chi connectivity index (χ0n) is 11.1. The number of urea groups is 1. The summed E-state index contributed by atoms with van der Waals surface area (Å²) in [6.45, 7) is 0. The number of nitrogens with one attached hydrogen (secondary N) is 1. The molecule has 0 bridgehead atoms. The number of imide groups is 1. The molecule has 7 nitrogen and oxygen atoms in total. The second-order valence-electron chi connectivity index (χ2n) is 4.07. The maximum atomic E-state index is 12.4. The Bertz CT molecular complexity index is 746. The molecule has 11 heteroatoms. The van der Waals surface area contributed by atoms with E-state index in [1.807, 2.05) is 0 Å². The summed E-state index contributed by atoms with van der Waals surface area (Å²) in [6, 6.07) is 1.36. The van der Waals surface area contributed by atoms with Gasteiger partial charge in [-0.1, -0.05) is 46.4 Å². The van der Waals surface area contributed by atoms with Crippen molar-refractivity contribution in [2.75, 3.05) is 5.43 Å². The van der Waals surface area contributed by atoms with Gasteiger partial charge in [0.1, 0.15) is 10.3 Å². The number of carbonyl (C=O) groups excluding carboxylic acids is 2. The number of amides is 3. The van der Waals surface area contributed by atoms with E-state index in [-0.39, 0.29) is 31.6 Å². The van der Waals surface area contributed by atoms with Gasteiger partial charge in [-0.15, -0.1) is 0 Å². The molecule has 0 saturated carbocycles. The minimum Gasteiger partial charge on any atom is -0.350 e. The minimum atomic E-state index is -1.09. The van der Waals surface area contributed by atoms with Gasteiger partial charge in [0.15, 0.2) is 0 Å². The highest BCUT2D eigenvalue weighted by Gasteiger charge is 2.24. The summed E-state index contributed by atoms with van der Waals surface area (Å²) in [4.78, 5) is 31.5. The summed E-state index contributed by atoms with van der Waals surface area (Å²) in [6.07, 6.45) is 2.55. The van der Waals surface area contributed by atoms with Crippen molar-refractivity contribution in [2.24, 2.45) is 5.73 Å². The number of primary amides is 1. The zero-order valence-corrected chi connectivity index (χ0v) is 14.1. The topological polar surface area (TPSA) is 101 Å². The van der Waals surface area contributed by atoms with Gasteiger partial charge in [0.25, 0.3) is 5.91 Å². The molecule has 0 aliphatic heterocycles. The maximum absolute atomic E-state index is 12.4. The van der Waals surface area contributed by atoms with Crippen LogP contribution in [0.5, 0.6) is 0 Å². The van der Waals surface area contributed by atoms with E-state index in [2.05, 4.69) is 15.4 Å². The van der Waals surface area contributed by atoms with E-state index in [0.29, 0.717) is 5.01 Å². The molecule has 0 radical (unpaired) electrons. The quantitative estimate of drug-likeness (QED) is 0.611. The number of hydrazine groups is 1. The standard InChI is InChI=1S/C12H7Cl4N5O2/c13-6-3-18-4-7(14)10(6)20-21(12(17)23)11(22)5-1-8(15)19-9(16)2-5/h1-4H,(H2,17,23)(H,18,20). The lowest BCUT2D eigenvalue weighted by molar-refractivity contribution is 0.0836. The number of nitrogens with two attached hydrogens (primary N) is 1. The van der Waals surface area contributed by atoms with E-state index in [0.717, 1.165) is 0 Å². The molecule has 2 heterocycles. The van der Waals surface area contributed by atoms with Crippen LogP contribution >= 0.6 is 46.4 Å². The Labute approximate surface area is 150 Å². The Morgan fingerprint density at radius 3 is 2.04 bits per heavy atom. The van der Waals surface area contributed by atoms with Gasteiger partial charge in [0.2, 0.25) is 0 Å². The molecule has 0 aliphatic rings. The molecular weight excluding hydrogens is 388 g/mol. The first-order chi connectivity index (χ1) is 10.8. The number of anilines is 1. The van der Waals surface area contributed by atoms with Crippen LogP contribution in [-0.4, -0.2) is 26.9 Å². The van der Waals surface area contributed by atoms with Crippen LogP contribution in [-0.2, 0) is 0 Å². The molecule has 0 fully saturated rings. The monoisotopic (exact) mass is 393 g/mol. The predicted octanol–water partition coefficient (Wildman–Crippen LogP) is 3.64. The van der Waals surface area contributed by atoms with Crippen LogP contribution < -0.4 is 11.2 Å². The molecule has 120 valence electrons. The molecule has 0 atom stereocenters. The number of rotatable bonds is 3. The number of hydrogen-bond acceptors (Lipinski definition) is 5. The highest BCUT2D eigenvalue weighted by atomic mass is 35.5. The van der Waals surface area contributed by atoms with Crippen LogP contribution in [0.4, 0.5) is 10.5 Å². The van der Waals surface area contributed by atoms with Crippen LogP contribution in [0.1, 0.15) is 10.4 Å². The van der Waals surface area contributed by atoms with Crippen molar-refractivity contribution < 1.29 is 9.59 Å². The highest BCUT2D eigenvalue weighted by Crippen LogP contribution is 2.29. The second-order valence-corrected chi connectivity index (χ2v) is 5.66. The van der Waals surface area contributed by atoms with E-state index in [1.165, 1.54) is 24.5 Å². The number of halogens is 4. The van der Waals surface area contributed by atoms with Crippen LogP contribution in [0.3, 0.4) is 0 Å². The fourth-order valence-electron chi connectivity index (χ4n) is 1.55. The average molecular weight is 395 g/mol. The van der Waals surface area contributed by atoms with Gasteiger partial charge < -0.3 is 5.73 Å². The van der Waals surface area contributed by atoms with E-state index >= 15 is 0 Å². The Balaban J connectivity index is 2.39. The van der Waals surface area contributed by atoms with E-state index in [4.69, 9.17) is 52.1 Å². The molecule has 0 saturated heterocycles. The molecule has 0 aliphatic carbocycles. The van der Waals surface area contributed by atoms with Gasteiger partial charge in [0.05, 0.1) is 15.7 Å². The zero-order chi connectivity index (χ0) is 17.1. The molecule has 3 amide bonds. The van der Waals surface area contributed by atoms with Crippen molar-refractivity contribution in [3.63, 3.8) is 0 Å². The lowest BCUT2D eigenvalue weighted by Crippen LogP contribution is -2.44. The molecule has 3 N–H and O–H groups in total. The number of hydrogen-bond donors (Lipinski definition) is 2. The average Bonchev–Trinajstić information content (AvgIpc) is 2.45. The summed E-state index contributed by atoms with van der Waals surface area (Å²) in [7, 11) is 0. The first-order valence-electron chi connectivity index (χ1n) is 5.82. The Morgan fingerprint density at radius 1 is 1.04 bits per heavy atom. The molecular formula is C12H7Cl4N5O2. The van der Waals surface area contributed by atoms with E-state index < -0.39 is 11.9 Å². The largest absolute Gasteiger partial charge is 0.350 e. The van der Waals surface area contributed by atoms with Crippen LogP contribution in [0.25, 0.3) is 0 Å². The third-order valence-electron chi connectivity index (χ3n) is 2.51. The molecule has 2 aromatic rings. The number of aromatic nitrogens is 2. The number of pyridine rings is 2. The first kappa shape index (κ1) is 17.6. The lowest BCUT2D eigenvalue weighted by Gasteiger charge is -2.21. The summed E-state index contributed by atoms with van der Waals surface area (Å²) >= 11 is 23.3. The van der Waals surface area contributed by atoms with Gasteiger partial charge in [0, 0.05) is 18.0 Å². The van der Waals surface area contributed by atoms with Crippen molar-refractivity contribution in [1.29, 1.82) is 0 Å². The van der Waals surface area contributed by atoms with Gasteiger partial charge in [-0.05, 0) is 12.1 Å². The van der Waals surface area contributed by atoms with Crippen molar-refractivity contribution in [3.8, 4) is 0 Å². The Kier molecular flexibility index (Phi) is 5.48. The van der Waals surface area contributed by atoms with Gasteiger partial charge in [-0.2, -0.15) is 5.01 Å². The fraction of sp³-hybridized carbons (Fsp3) is 0. The normalized spacial score (nSPS) is 10.3. The third kappa shape index (κ3) is 4.14. The maximum Gasteiger partial charge on any atom is 0.341 e. The van der Waals surface area contributed by atoms with Crippen LogP contribution in [0, 0.1) is 0 Å². The molecule has 23 heavy (non-hydrogen) atoms. The van der Waals surface area contributed by atoms with Crippen molar-refractivity contribution in [3.05, 3.63) is 50.4 Å². The van der Waals surface area contributed by atoms with E-state index in [1.54, 1.807) is 0 Å². The molecule has 2 aromatic heterocycles. The van der Waals surface area contributed by atoms with Crippen molar-refractivity contribution in [1.82, 2.24) is 15.0 Å². The third-order valence-corrected chi connectivity index (χ3v) is 3.47. The SMILES string of the molecule is NC(=O)N(Nc1c(Cl)cncc1Cl)C(=O)c1cc(Cl)nc(Cl)c1. The number of nitrogens with zero attached hydrogens (tertiary/aromatic N) is 3. The second kappa shape index (κ2) is 7.18. The molecule has 0 unspecified atom stereocenters. The summed E-state index contributed by atoms with van der Waals surface area (Å²) in [5.74, 6) is -0.826. The van der Waals surface area contributed by atoms with Crippen molar-refractivity contribution >= 4 is 64.0 Å².